The number of benzene rings is 1. The molecule has 0 aliphatic rings. The van der Waals surface area contributed by atoms with Crippen molar-refractivity contribution in [3.05, 3.63) is 83.4 Å². The Morgan fingerprint density at radius 1 is 1.03 bits per heavy atom. The number of hydrogen-bond donors (Lipinski definition) is 2. The number of H-pyrrole nitrogens is 2. The minimum Gasteiger partial charge on any atom is -0.330 e. The van der Waals surface area contributed by atoms with Crippen LogP contribution in [0.25, 0.3) is 33.7 Å². The summed E-state index contributed by atoms with van der Waals surface area (Å²) < 4.78 is 1.95. The zero-order chi connectivity index (χ0) is 19.6. The van der Waals surface area contributed by atoms with Gasteiger partial charge in [0, 0.05) is 48.8 Å². The largest absolute Gasteiger partial charge is 0.330 e. The van der Waals surface area contributed by atoms with E-state index in [4.69, 9.17) is 0 Å². The van der Waals surface area contributed by atoms with Gasteiger partial charge in [0.15, 0.2) is 5.82 Å². The zero-order valence-corrected chi connectivity index (χ0v) is 15.4. The number of rotatable bonds is 5. The molecule has 1 aromatic carbocycles. The van der Waals surface area contributed by atoms with Crippen LogP contribution in [-0.4, -0.2) is 34.7 Å². The Bertz CT molecular complexity index is 1330. The molecule has 142 valence electrons. The zero-order valence-electron chi connectivity index (χ0n) is 15.4. The Hall–Kier alpha value is -4.07. The summed E-state index contributed by atoms with van der Waals surface area (Å²) in [5.41, 5.74) is 2.11. The normalized spacial score (nSPS) is 11.2. The number of pyridine rings is 2. The number of aryl methyl sites for hydroxylation is 2. The Morgan fingerprint density at radius 3 is 2.79 bits per heavy atom. The average Bonchev–Trinajstić information content (AvgIpc) is 3.42. The summed E-state index contributed by atoms with van der Waals surface area (Å²) >= 11 is 0. The first-order valence-corrected chi connectivity index (χ1v) is 9.23. The van der Waals surface area contributed by atoms with E-state index in [0.717, 1.165) is 22.3 Å². The first-order valence-electron chi connectivity index (χ1n) is 9.23. The van der Waals surface area contributed by atoms with E-state index in [1.807, 2.05) is 53.2 Å². The lowest BCUT2D eigenvalue weighted by Gasteiger charge is -2.07. The highest BCUT2D eigenvalue weighted by Crippen LogP contribution is 2.19. The number of nitrogens with zero attached hydrogens (tertiary/aromatic N) is 5. The summed E-state index contributed by atoms with van der Waals surface area (Å²) in [7, 11) is 0. The van der Waals surface area contributed by atoms with Crippen LogP contribution in [0.4, 0.5) is 0 Å². The molecule has 8 nitrogen and oxygen atoms in total. The van der Waals surface area contributed by atoms with Crippen molar-refractivity contribution in [2.75, 3.05) is 0 Å². The van der Waals surface area contributed by atoms with E-state index in [1.54, 1.807) is 18.6 Å². The topological polar surface area (TPSA) is 105 Å². The van der Waals surface area contributed by atoms with Gasteiger partial charge >= 0.3 is 0 Å². The summed E-state index contributed by atoms with van der Waals surface area (Å²) in [6.45, 7) is 0.618. The molecule has 0 spiro atoms. The quantitative estimate of drug-likeness (QED) is 0.485. The second-order valence-electron chi connectivity index (χ2n) is 6.64. The van der Waals surface area contributed by atoms with Gasteiger partial charge in [-0.1, -0.05) is 18.2 Å². The lowest BCUT2D eigenvalue weighted by atomic mass is 10.1. The van der Waals surface area contributed by atoms with Crippen LogP contribution < -0.4 is 5.56 Å². The third kappa shape index (κ3) is 3.31. The fraction of sp³-hybridized carbons (Fsp3) is 0.0952. The molecule has 29 heavy (non-hydrogen) atoms. The van der Waals surface area contributed by atoms with Crippen LogP contribution in [0.3, 0.4) is 0 Å². The summed E-state index contributed by atoms with van der Waals surface area (Å²) in [5, 5.41) is 8.22. The Balaban J connectivity index is 1.40. The van der Waals surface area contributed by atoms with Crippen LogP contribution in [0, 0.1) is 0 Å². The fourth-order valence-corrected chi connectivity index (χ4v) is 3.31. The number of aromatic nitrogens is 7. The molecule has 0 aliphatic carbocycles. The van der Waals surface area contributed by atoms with Gasteiger partial charge < -0.3 is 9.55 Å². The molecule has 5 rings (SSSR count). The maximum atomic E-state index is 12.6. The van der Waals surface area contributed by atoms with E-state index in [-0.39, 0.29) is 5.56 Å². The van der Waals surface area contributed by atoms with Gasteiger partial charge in [0.25, 0.3) is 5.56 Å². The van der Waals surface area contributed by atoms with Crippen LogP contribution in [0.5, 0.6) is 0 Å². The fourth-order valence-electron chi connectivity index (χ4n) is 3.31. The highest BCUT2D eigenvalue weighted by Gasteiger charge is 2.12. The Labute approximate surface area is 165 Å². The molecule has 2 N–H and O–H groups in total. The van der Waals surface area contributed by atoms with Gasteiger partial charge in [-0.05, 0) is 29.7 Å². The van der Waals surface area contributed by atoms with Gasteiger partial charge in [-0.15, -0.1) is 0 Å². The van der Waals surface area contributed by atoms with Crippen LogP contribution >= 0.6 is 0 Å². The molecule has 5 aromatic rings. The van der Waals surface area contributed by atoms with E-state index in [0.29, 0.717) is 30.2 Å². The average molecular weight is 383 g/mol. The summed E-state index contributed by atoms with van der Waals surface area (Å²) in [6, 6.07) is 13.3. The van der Waals surface area contributed by atoms with Gasteiger partial charge in [0.1, 0.15) is 11.6 Å². The molecule has 4 heterocycles. The molecule has 8 heteroatoms. The first kappa shape index (κ1) is 17.1. The SMILES string of the molecule is O=c1[nH]c2ccccc2cc1-c1nccn1CCc1nc(-c2ccncc2)n[nH]1. The van der Waals surface area contributed by atoms with Crippen molar-refractivity contribution in [1.82, 2.24) is 34.7 Å². The van der Waals surface area contributed by atoms with E-state index in [2.05, 4.69) is 30.1 Å². The molecule has 0 fully saturated rings. The van der Waals surface area contributed by atoms with Crippen molar-refractivity contribution >= 4 is 10.9 Å². The summed E-state index contributed by atoms with van der Waals surface area (Å²) in [5.74, 6) is 2.04. The van der Waals surface area contributed by atoms with E-state index >= 15 is 0 Å². The van der Waals surface area contributed by atoms with Gasteiger partial charge in [0.05, 0.1) is 5.56 Å². The van der Waals surface area contributed by atoms with Gasteiger partial charge in [0.2, 0.25) is 0 Å². The number of hydrogen-bond acceptors (Lipinski definition) is 5. The van der Waals surface area contributed by atoms with E-state index in [9.17, 15) is 4.79 Å². The highest BCUT2D eigenvalue weighted by atomic mass is 16.1. The molecule has 0 saturated carbocycles. The third-order valence-electron chi connectivity index (χ3n) is 4.77. The molecule has 0 saturated heterocycles. The second-order valence-corrected chi connectivity index (χ2v) is 6.64. The van der Waals surface area contributed by atoms with Crippen molar-refractivity contribution < 1.29 is 0 Å². The van der Waals surface area contributed by atoms with Gasteiger partial charge in [-0.3, -0.25) is 14.9 Å². The smallest absolute Gasteiger partial charge is 0.259 e. The number of para-hydroxylation sites is 1. The maximum absolute atomic E-state index is 12.6. The second kappa shape index (κ2) is 7.16. The van der Waals surface area contributed by atoms with Gasteiger partial charge in [-0.2, -0.15) is 5.10 Å². The molecule has 0 radical (unpaired) electrons. The standard InChI is InChI=1S/C21H17N7O/c29-21-16(13-15-3-1-2-4-17(15)24-21)20-23-10-12-28(20)11-7-18-25-19(27-26-18)14-5-8-22-9-6-14/h1-6,8-10,12-13H,7,11H2,(H,24,29)(H,25,26,27). The molecule has 0 atom stereocenters. The Morgan fingerprint density at radius 2 is 1.90 bits per heavy atom. The number of fused-ring (bicyclic) bond motifs is 1. The Kier molecular flexibility index (Phi) is 4.21. The van der Waals surface area contributed by atoms with Crippen molar-refractivity contribution in [2.24, 2.45) is 0 Å². The minimum absolute atomic E-state index is 0.157. The highest BCUT2D eigenvalue weighted by molar-refractivity contribution is 5.82. The molecule has 0 aliphatic heterocycles. The minimum atomic E-state index is -0.157. The maximum Gasteiger partial charge on any atom is 0.259 e. The van der Waals surface area contributed by atoms with E-state index in [1.165, 1.54) is 0 Å². The van der Waals surface area contributed by atoms with Crippen molar-refractivity contribution in [1.29, 1.82) is 0 Å². The molecule has 4 aromatic heterocycles. The van der Waals surface area contributed by atoms with Crippen LogP contribution in [0.1, 0.15) is 5.82 Å². The summed E-state index contributed by atoms with van der Waals surface area (Å²) in [6.07, 6.45) is 7.62. The predicted molar refractivity (Wildman–Crippen MR) is 109 cm³/mol. The number of imidazole rings is 1. The summed E-state index contributed by atoms with van der Waals surface area (Å²) in [4.78, 5) is 28.5. The third-order valence-corrected chi connectivity index (χ3v) is 4.77. The first-order chi connectivity index (χ1) is 14.3. The van der Waals surface area contributed by atoms with Gasteiger partial charge in [-0.25, -0.2) is 9.97 Å². The molecular formula is C21H17N7O. The molecule has 0 amide bonds. The number of aromatic amines is 2. The van der Waals surface area contributed by atoms with Crippen LogP contribution in [0.15, 0.2) is 72.0 Å². The van der Waals surface area contributed by atoms with Crippen molar-refractivity contribution in [3.8, 4) is 22.8 Å². The molecule has 0 unspecified atom stereocenters. The number of nitrogens with one attached hydrogen (secondary N) is 2. The lowest BCUT2D eigenvalue weighted by Crippen LogP contribution is -2.13. The predicted octanol–water partition coefficient (Wildman–Crippen LogP) is 2.81. The van der Waals surface area contributed by atoms with Crippen LogP contribution in [0.2, 0.25) is 0 Å². The molecular weight excluding hydrogens is 366 g/mol. The lowest BCUT2D eigenvalue weighted by molar-refractivity contribution is 0.679. The van der Waals surface area contributed by atoms with Crippen molar-refractivity contribution in [3.63, 3.8) is 0 Å². The monoisotopic (exact) mass is 383 g/mol. The van der Waals surface area contributed by atoms with Crippen molar-refractivity contribution in [2.45, 2.75) is 13.0 Å². The molecule has 0 bridgehead atoms. The van der Waals surface area contributed by atoms with E-state index < -0.39 is 0 Å². The van der Waals surface area contributed by atoms with Crippen LogP contribution in [-0.2, 0) is 13.0 Å².